The van der Waals surface area contributed by atoms with Crippen molar-refractivity contribution >= 4 is 12.0 Å². The summed E-state index contributed by atoms with van der Waals surface area (Å²) in [6, 6.07) is 4.99. The number of hydrogen-bond acceptors (Lipinski definition) is 3. The van der Waals surface area contributed by atoms with Crippen LogP contribution in [0.3, 0.4) is 0 Å². The molecule has 1 aromatic carbocycles. The Morgan fingerprint density at radius 1 is 1.18 bits per heavy atom. The molecule has 0 spiro atoms. The van der Waals surface area contributed by atoms with Crippen LogP contribution in [0.5, 0.6) is 0 Å². The molecule has 3 unspecified atom stereocenters. The first-order valence-electron chi connectivity index (χ1n) is 9.76. The van der Waals surface area contributed by atoms with Gasteiger partial charge >= 0.3 is 6.18 Å². The second-order valence-corrected chi connectivity index (χ2v) is 7.76. The van der Waals surface area contributed by atoms with E-state index < -0.39 is 11.7 Å². The molecule has 0 aromatic heterocycles. The largest absolute Gasteiger partial charge is 0.416 e. The summed E-state index contributed by atoms with van der Waals surface area (Å²) < 4.78 is 43.7. The number of carbonyl (C=O) groups excluding carboxylic acids is 1. The van der Waals surface area contributed by atoms with Crippen molar-refractivity contribution in [2.24, 2.45) is 0 Å². The highest BCUT2D eigenvalue weighted by molar-refractivity contribution is 5.92. The van der Waals surface area contributed by atoms with Crippen LogP contribution in [-0.2, 0) is 15.7 Å². The van der Waals surface area contributed by atoms with Crippen LogP contribution in [0.15, 0.2) is 30.3 Å². The molecule has 3 rings (SSSR count). The average Bonchev–Trinajstić information content (AvgIpc) is 3.06. The molecule has 28 heavy (non-hydrogen) atoms. The van der Waals surface area contributed by atoms with Gasteiger partial charge in [0.2, 0.25) is 5.91 Å². The Morgan fingerprint density at radius 3 is 2.43 bits per heavy atom. The van der Waals surface area contributed by atoms with Crippen molar-refractivity contribution in [2.75, 3.05) is 26.2 Å². The molecule has 2 aliphatic heterocycles. The van der Waals surface area contributed by atoms with E-state index in [0.717, 1.165) is 51.2 Å². The molecule has 0 aliphatic carbocycles. The molecular formula is C21H27F3N2O2. The van der Waals surface area contributed by atoms with E-state index >= 15 is 0 Å². The second kappa shape index (κ2) is 8.66. The molecule has 2 saturated heterocycles. The predicted octanol–water partition coefficient (Wildman–Crippen LogP) is 3.82. The molecule has 3 atom stereocenters. The van der Waals surface area contributed by atoms with E-state index in [1.165, 1.54) is 18.2 Å². The predicted molar refractivity (Wildman–Crippen MR) is 102 cm³/mol. The lowest BCUT2D eigenvalue weighted by molar-refractivity contribution is -0.137. The van der Waals surface area contributed by atoms with Crippen LogP contribution in [0, 0.1) is 0 Å². The first kappa shape index (κ1) is 20.9. The van der Waals surface area contributed by atoms with Gasteiger partial charge in [-0.1, -0.05) is 12.1 Å². The summed E-state index contributed by atoms with van der Waals surface area (Å²) >= 11 is 0. The summed E-state index contributed by atoms with van der Waals surface area (Å²) in [4.78, 5) is 16.9. The van der Waals surface area contributed by atoms with Crippen molar-refractivity contribution in [3.63, 3.8) is 0 Å². The third-order valence-electron chi connectivity index (χ3n) is 5.28. The maximum Gasteiger partial charge on any atom is 0.416 e. The molecule has 0 N–H and O–H groups in total. The highest BCUT2D eigenvalue weighted by Gasteiger charge is 2.32. The quantitative estimate of drug-likeness (QED) is 0.726. The molecule has 1 amide bonds. The van der Waals surface area contributed by atoms with Gasteiger partial charge < -0.3 is 9.64 Å². The fourth-order valence-corrected chi connectivity index (χ4v) is 4.09. The number of amides is 1. The summed E-state index contributed by atoms with van der Waals surface area (Å²) in [5.74, 6) is -0.0863. The summed E-state index contributed by atoms with van der Waals surface area (Å²) in [7, 11) is 0. The molecule has 4 nitrogen and oxygen atoms in total. The summed E-state index contributed by atoms with van der Waals surface area (Å²) in [6.07, 6.45) is 1.01. The topological polar surface area (TPSA) is 32.8 Å². The van der Waals surface area contributed by atoms with Gasteiger partial charge in [-0.25, -0.2) is 0 Å². The van der Waals surface area contributed by atoms with Gasteiger partial charge in [0.15, 0.2) is 0 Å². The van der Waals surface area contributed by atoms with Crippen LogP contribution in [-0.4, -0.2) is 60.1 Å². The smallest absolute Gasteiger partial charge is 0.373 e. The number of morpholine rings is 1. The number of rotatable bonds is 4. The zero-order chi connectivity index (χ0) is 20.3. The Morgan fingerprint density at radius 2 is 1.82 bits per heavy atom. The van der Waals surface area contributed by atoms with Crippen LogP contribution >= 0.6 is 0 Å². The molecule has 1 aromatic rings. The SMILES string of the molecule is CC1CN(CC2CCCN2C(=O)/C=C/c2ccc(C(F)(F)F)cc2)CC(C)O1. The minimum absolute atomic E-state index is 0.0863. The van der Waals surface area contributed by atoms with Crippen molar-refractivity contribution in [1.82, 2.24) is 9.80 Å². The minimum atomic E-state index is -4.35. The van der Waals surface area contributed by atoms with Crippen molar-refractivity contribution in [3.8, 4) is 0 Å². The maximum atomic E-state index is 12.6. The molecule has 2 aliphatic rings. The molecule has 154 valence electrons. The Labute approximate surface area is 163 Å². The van der Waals surface area contributed by atoms with Gasteiger partial charge in [-0.2, -0.15) is 13.2 Å². The number of nitrogens with zero attached hydrogens (tertiary/aromatic N) is 2. The van der Waals surface area contributed by atoms with Crippen molar-refractivity contribution < 1.29 is 22.7 Å². The van der Waals surface area contributed by atoms with Gasteiger partial charge in [0.25, 0.3) is 0 Å². The van der Waals surface area contributed by atoms with Crippen molar-refractivity contribution in [3.05, 3.63) is 41.5 Å². The highest BCUT2D eigenvalue weighted by atomic mass is 19.4. The van der Waals surface area contributed by atoms with E-state index in [-0.39, 0.29) is 24.2 Å². The van der Waals surface area contributed by atoms with E-state index in [1.807, 2.05) is 4.90 Å². The number of alkyl halides is 3. The highest BCUT2D eigenvalue weighted by Crippen LogP contribution is 2.29. The number of halogens is 3. The Kier molecular flexibility index (Phi) is 6.45. The van der Waals surface area contributed by atoms with Gasteiger partial charge in [0.1, 0.15) is 0 Å². The van der Waals surface area contributed by atoms with Crippen LogP contribution in [0.25, 0.3) is 6.08 Å². The minimum Gasteiger partial charge on any atom is -0.373 e. The maximum absolute atomic E-state index is 12.6. The average molecular weight is 396 g/mol. The van der Waals surface area contributed by atoms with E-state index in [4.69, 9.17) is 4.74 Å². The lowest BCUT2D eigenvalue weighted by Crippen LogP contribution is -2.50. The molecular weight excluding hydrogens is 369 g/mol. The van der Waals surface area contributed by atoms with Crippen LogP contribution < -0.4 is 0 Å². The number of carbonyl (C=O) groups is 1. The van der Waals surface area contributed by atoms with Crippen molar-refractivity contribution in [1.29, 1.82) is 0 Å². The van der Waals surface area contributed by atoms with Gasteiger partial charge in [-0.3, -0.25) is 9.69 Å². The normalized spacial score (nSPS) is 26.9. The molecule has 0 saturated carbocycles. The first-order chi connectivity index (χ1) is 13.2. The standard InChI is InChI=1S/C21H27F3N2O2/c1-15-12-25(13-16(2)28-15)14-19-4-3-11-26(19)20(27)10-7-17-5-8-18(9-6-17)21(22,23)24/h5-10,15-16,19H,3-4,11-14H2,1-2H3/b10-7+. The van der Waals surface area contributed by atoms with Crippen molar-refractivity contribution in [2.45, 2.75) is 51.1 Å². The van der Waals surface area contributed by atoms with Gasteiger partial charge in [0.05, 0.1) is 17.8 Å². The Hall–Kier alpha value is -1.86. The van der Waals surface area contributed by atoms with E-state index in [1.54, 1.807) is 6.08 Å². The fourth-order valence-electron chi connectivity index (χ4n) is 4.09. The third-order valence-corrected chi connectivity index (χ3v) is 5.28. The summed E-state index contributed by atoms with van der Waals surface area (Å²) in [6.45, 7) is 7.41. The van der Waals surface area contributed by atoms with E-state index in [2.05, 4.69) is 18.7 Å². The number of ether oxygens (including phenoxy) is 1. The zero-order valence-electron chi connectivity index (χ0n) is 16.3. The fraction of sp³-hybridized carbons (Fsp3) is 0.571. The lowest BCUT2D eigenvalue weighted by atomic mass is 10.1. The second-order valence-electron chi connectivity index (χ2n) is 7.76. The lowest BCUT2D eigenvalue weighted by Gasteiger charge is -2.38. The molecule has 2 heterocycles. The summed E-state index contributed by atoms with van der Waals surface area (Å²) in [5.41, 5.74) is -0.113. The van der Waals surface area contributed by atoms with E-state index in [9.17, 15) is 18.0 Å². The monoisotopic (exact) mass is 396 g/mol. The van der Waals surface area contributed by atoms with Gasteiger partial charge in [-0.05, 0) is 50.5 Å². The van der Waals surface area contributed by atoms with Gasteiger partial charge in [-0.15, -0.1) is 0 Å². The third kappa shape index (κ3) is 5.35. The van der Waals surface area contributed by atoms with Crippen LogP contribution in [0.2, 0.25) is 0 Å². The zero-order valence-corrected chi connectivity index (χ0v) is 16.3. The molecule has 0 radical (unpaired) electrons. The number of benzene rings is 1. The molecule has 2 fully saturated rings. The Bertz CT molecular complexity index is 693. The first-order valence-corrected chi connectivity index (χ1v) is 9.76. The number of hydrogen-bond donors (Lipinski definition) is 0. The number of likely N-dealkylation sites (tertiary alicyclic amines) is 1. The van der Waals surface area contributed by atoms with Gasteiger partial charge in [0, 0.05) is 38.3 Å². The van der Waals surface area contributed by atoms with Crippen LogP contribution in [0.1, 0.15) is 37.8 Å². The van der Waals surface area contributed by atoms with E-state index in [0.29, 0.717) is 5.56 Å². The van der Waals surface area contributed by atoms with Crippen LogP contribution in [0.4, 0.5) is 13.2 Å². The summed E-state index contributed by atoms with van der Waals surface area (Å²) in [5, 5.41) is 0. The Balaban J connectivity index is 1.59. The molecule has 7 heteroatoms. The molecule has 0 bridgehead atoms.